The molecule has 4 rings (SSSR count). The molecule has 4 nitrogen and oxygen atoms in total. The normalized spacial score (nSPS) is 12.1. The molecule has 0 fully saturated rings. The Morgan fingerprint density at radius 3 is 1.80 bits per heavy atom. The van der Waals surface area contributed by atoms with Crippen LogP contribution in [0.3, 0.4) is 0 Å². The van der Waals surface area contributed by atoms with E-state index in [2.05, 4.69) is 29.6 Å². The first-order chi connectivity index (χ1) is 19.2. The summed E-state index contributed by atoms with van der Waals surface area (Å²) in [6.07, 6.45) is 0.624. The summed E-state index contributed by atoms with van der Waals surface area (Å²) in [7, 11) is 0. The zero-order valence-electron chi connectivity index (χ0n) is 23.4. The number of halogens is 1. The summed E-state index contributed by atoms with van der Waals surface area (Å²) in [5.74, 6) is -0.426. The lowest BCUT2D eigenvalue weighted by molar-refractivity contribution is -0.142. The number of benzene rings is 4. The van der Waals surface area contributed by atoms with Crippen molar-refractivity contribution in [1.82, 2.24) is 10.2 Å². The van der Waals surface area contributed by atoms with E-state index in [1.165, 1.54) is 0 Å². The first-order valence-corrected chi connectivity index (χ1v) is 14.1. The summed E-state index contributed by atoms with van der Waals surface area (Å²) in [5.41, 5.74) is 3.53. The maximum atomic E-state index is 14.4. The van der Waals surface area contributed by atoms with Crippen LogP contribution >= 0.6 is 11.6 Å². The summed E-state index contributed by atoms with van der Waals surface area (Å²) >= 11 is 6.33. The minimum absolute atomic E-state index is 0.0947. The number of carbonyl (C=O) groups is 2. The summed E-state index contributed by atoms with van der Waals surface area (Å²) in [6, 6.07) is 36.8. The second kappa shape index (κ2) is 13.5. The molecule has 0 saturated heterocycles. The Hall–Kier alpha value is -3.89. The van der Waals surface area contributed by atoms with Gasteiger partial charge in [-0.05, 0) is 55.2 Å². The third-order valence-corrected chi connectivity index (χ3v) is 7.03. The molecule has 0 spiro atoms. The van der Waals surface area contributed by atoms with Crippen molar-refractivity contribution in [2.75, 3.05) is 0 Å². The van der Waals surface area contributed by atoms with Crippen molar-refractivity contribution in [1.29, 1.82) is 0 Å². The first kappa shape index (κ1) is 29.1. The van der Waals surface area contributed by atoms with E-state index in [1.807, 2.05) is 112 Å². The Bertz CT molecular complexity index is 1350. The van der Waals surface area contributed by atoms with Crippen LogP contribution < -0.4 is 5.32 Å². The molecule has 4 aromatic rings. The van der Waals surface area contributed by atoms with Crippen LogP contribution in [0.25, 0.3) is 0 Å². The van der Waals surface area contributed by atoms with Crippen LogP contribution in [0.15, 0.2) is 115 Å². The number of hydrogen-bond acceptors (Lipinski definition) is 2. The van der Waals surface area contributed by atoms with Crippen molar-refractivity contribution in [3.63, 3.8) is 0 Å². The minimum atomic E-state index is -0.708. The van der Waals surface area contributed by atoms with Crippen LogP contribution in [0, 0.1) is 0 Å². The average molecular weight is 553 g/mol. The average Bonchev–Trinajstić information content (AvgIpc) is 2.94. The first-order valence-electron chi connectivity index (χ1n) is 13.7. The number of nitrogens with zero attached hydrogens (tertiary/aromatic N) is 1. The monoisotopic (exact) mass is 552 g/mol. The molecule has 0 aromatic heterocycles. The molecule has 0 aliphatic carbocycles. The minimum Gasteiger partial charge on any atom is -0.350 e. The Balaban J connectivity index is 1.75. The van der Waals surface area contributed by atoms with E-state index < -0.39 is 11.6 Å². The van der Waals surface area contributed by atoms with Crippen LogP contribution in [0.4, 0.5) is 0 Å². The van der Waals surface area contributed by atoms with E-state index >= 15 is 0 Å². The van der Waals surface area contributed by atoms with Gasteiger partial charge in [-0.25, -0.2) is 0 Å². The number of hydrogen-bond donors (Lipinski definition) is 1. The SMILES string of the molecule is CC(C)(C)NC(=O)C(Cc1ccccc1)N(Cc1cccc(Cl)c1)C(=O)CC(c1ccccc1)c1ccccc1. The summed E-state index contributed by atoms with van der Waals surface area (Å²) in [4.78, 5) is 30.0. The summed E-state index contributed by atoms with van der Waals surface area (Å²) in [6.45, 7) is 6.13. The molecule has 2 amide bonds. The Kier molecular flexibility index (Phi) is 9.79. The van der Waals surface area contributed by atoms with Crippen molar-refractivity contribution < 1.29 is 9.59 Å². The summed E-state index contributed by atoms with van der Waals surface area (Å²) in [5, 5.41) is 3.72. The standard InChI is InChI=1S/C35H37ClN2O2/c1-35(2,3)37-34(40)32(23-26-14-7-4-8-15-26)38(25-27-16-13-21-30(36)22-27)33(39)24-31(28-17-9-5-10-18-28)29-19-11-6-12-20-29/h4-22,31-32H,23-25H2,1-3H3,(H,37,40). The molecule has 0 bridgehead atoms. The lowest BCUT2D eigenvalue weighted by atomic mass is 9.87. The molecule has 1 atom stereocenters. The quantitative estimate of drug-likeness (QED) is 0.222. The number of carbonyl (C=O) groups excluding carboxylic acids is 2. The van der Waals surface area contributed by atoms with Crippen LogP contribution in [-0.4, -0.2) is 28.3 Å². The molecule has 0 aliphatic heterocycles. The highest BCUT2D eigenvalue weighted by molar-refractivity contribution is 6.30. The van der Waals surface area contributed by atoms with Gasteiger partial charge in [-0.1, -0.05) is 115 Å². The smallest absolute Gasteiger partial charge is 0.243 e. The van der Waals surface area contributed by atoms with Crippen LogP contribution in [0.2, 0.25) is 5.02 Å². The Morgan fingerprint density at radius 2 is 1.27 bits per heavy atom. The van der Waals surface area contributed by atoms with E-state index in [1.54, 1.807) is 4.90 Å². The number of rotatable bonds is 10. The highest BCUT2D eigenvalue weighted by Gasteiger charge is 2.33. The van der Waals surface area contributed by atoms with E-state index in [-0.39, 0.29) is 30.7 Å². The fourth-order valence-corrected chi connectivity index (χ4v) is 5.14. The predicted octanol–water partition coefficient (Wildman–Crippen LogP) is 7.42. The molecule has 0 heterocycles. The topological polar surface area (TPSA) is 49.4 Å². The molecule has 0 radical (unpaired) electrons. The highest BCUT2D eigenvalue weighted by Crippen LogP contribution is 2.30. The maximum Gasteiger partial charge on any atom is 0.243 e. The van der Waals surface area contributed by atoms with Crippen molar-refractivity contribution in [2.24, 2.45) is 0 Å². The van der Waals surface area contributed by atoms with Gasteiger partial charge in [0.25, 0.3) is 0 Å². The van der Waals surface area contributed by atoms with Crippen molar-refractivity contribution in [3.8, 4) is 0 Å². The maximum absolute atomic E-state index is 14.4. The predicted molar refractivity (Wildman–Crippen MR) is 163 cm³/mol. The van der Waals surface area contributed by atoms with Gasteiger partial charge < -0.3 is 10.2 Å². The van der Waals surface area contributed by atoms with E-state index in [0.29, 0.717) is 11.4 Å². The fraction of sp³-hybridized carbons (Fsp3) is 0.257. The van der Waals surface area contributed by atoms with Gasteiger partial charge in [-0.3, -0.25) is 9.59 Å². The van der Waals surface area contributed by atoms with Gasteiger partial charge in [0.1, 0.15) is 6.04 Å². The van der Waals surface area contributed by atoms with Crippen LogP contribution in [0.1, 0.15) is 55.4 Å². The fourth-order valence-electron chi connectivity index (χ4n) is 4.93. The highest BCUT2D eigenvalue weighted by atomic mass is 35.5. The van der Waals surface area contributed by atoms with Gasteiger partial charge in [0.15, 0.2) is 0 Å². The molecule has 5 heteroatoms. The second-order valence-electron chi connectivity index (χ2n) is 11.2. The van der Waals surface area contributed by atoms with Gasteiger partial charge in [0.05, 0.1) is 0 Å². The van der Waals surface area contributed by atoms with Gasteiger partial charge in [-0.2, -0.15) is 0 Å². The van der Waals surface area contributed by atoms with Gasteiger partial charge >= 0.3 is 0 Å². The van der Waals surface area contributed by atoms with Crippen molar-refractivity contribution in [2.45, 2.75) is 57.7 Å². The molecular weight excluding hydrogens is 516 g/mol. The van der Waals surface area contributed by atoms with Crippen LogP contribution in [0.5, 0.6) is 0 Å². The second-order valence-corrected chi connectivity index (χ2v) is 11.6. The van der Waals surface area contributed by atoms with Gasteiger partial charge in [-0.15, -0.1) is 0 Å². The third-order valence-electron chi connectivity index (χ3n) is 6.79. The van der Waals surface area contributed by atoms with E-state index in [9.17, 15) is 9.59 Å². The molecule has 1 N–H and O–H groups in total. The molecular formula is C35H37ClN2O2. The molecule has 1 unspecified atom stereocenters. The van der Waals surface area contributed by atoms with Gasteiger partial charge in [0, 0.05) is 35.9 Å². The van der Waals surface area contributed by atoms with Crippen molar-refractivity contribution >= 4 is 23.4 Å². The Morgan fingerprint density at radius 1 is 0.750 bits per heavy atom. The third kappa shape index (κ3) is 8.30. The Labute approximate surface area is 243 Å². The molecule has 0 saturated carbocycles. The van der Waals surface area contributed by atoms with Gasteiger partial charge in [0.2, 0.25) is 11.8 Å². The molecule has 0 aliphatic rings. The lowest BCUT2D eigenvalue weighted by Crippen LogP contribution is -2.54. The van der Waals surface area contributed by atoms with E-state index in [0.717, 1.165) is 22.3 Å². The zero-order valence-corrected chi connectivity index (χ0v) is 24.1. The molecule has 40 heavy (non-hydrogen) atoms. The van der Waals surface area contributed by atoms with Crippen LogP contribution in [-0.2, 0) is 22.6 Å². The molecule has 4 aromatic carbocycles. The number of amides is 2. The summed E-state index contributed by atoms with van der Waals surface area (Å²) < 4.78 is 0. The van der Waals surface area contributed by atoms with E-state index in [4.69, 9.17) is 11.6 Å². The number of nitrogens with one attached hydrogen (secondary N) is 1. The molecule has 206 valence electrons. The van der Waals surface area contributed by atoms with Crippen molar-refractivity contribution in [3.05, 3.63) is 143 Å². The zero-order chi connectivity index (χ0) is 28.5. The largest absolute Gasteiger partial charge is 0.350 e. The lowest BCUT2D eigenvalue weighted by Gasteiger charge is -2.35.